The van der Waals surface area contributed by atoms with Crippen LogP contribution in [0.1, 0.15) is 10.6 Å². The maximum atomic E-state index is 11.8. The van der Waals surface area contributed by atoms with Crippen LogP contribution in [-0.2, 0) is 10.0 Å². The second-order valence-corrected chi connectivity index (χ2v) is 6.12. The van der Waals surface area contributed by atoms with Crippen LogP contribution in [0.25, 0.3) is 0 Å². The molecule has 0 radical (unpaired) electrons. The van der Waals surface area contributed by atoms with E-state index < -0.39 is 10.0 Å². The molecular formula is C9H7N3O3S2. The van der Waals surface area contributed by atoms with Crippen molar-refractivity contribution < 1.29 is 12.8 Å². The van der Waals surface area contributed by atoms with Crippen molar-refractivity contribution in [2.24, 2.45) is 0 Å². The van der Waals surface area contributed by atoms with E-state index in [1.807, 2.05) is 6.07 Å². The van der Waals surface area contributed by atoms with Gasteiger partial charge in [-0.25, -0.2) is 13.1 Å². The van der Waals surface area contributed by atoms with Crippen LogP contribution in [0.5, 0.6) is 0 Å². The molecule has 17 heavy (non-hydrogen) atoms. The molecule has 0 aliphatic carbocycles. The van der Waals surface area contributed by atoms with Crippen molar-refractivity contribution in [3.8, 4) is 6.07 Å². The highest BCUT2D eigenvalue weighted by atomic mass is 32.2. The number of aryl methyl sites for hydroxylation is 1. The maximum absolute atomic E-state index is 11.8. The van der Waals surface area contributed by atoms with E-state index in [1.165, 1.54) is 18.4 Å². The van der Waals surface area contributed by atoms with Gasteiger partial charge in [0.05, 0.1) is 5.69 Å². The molecule has 8 heteroatoms. The highest BCUT2D eigenvalue weighted by Crippen LogP contribution is 2.23. The number of rotatable bonds is 3. The molecule has 0 aliphatic heterocycles. The lowest BCUT2D eigenvalue weighted by Crippen LogP contribution is -2.11. The van der Waals surface area contributed by atoms with Crippen LogP contribution in [0.15, 0.2) is 27.0 Å². The van der Waals surface area contributed by atoms with E-state index in [0.29, 0.717) is 10.6 Å². The van der Waals surface area contributed by atoms with Crippen molar-refractivity contribution in [2.45, 2.75) is 11.1 Å². The fourth-order valence-corrected chi connectivity index (χ4v) is 3.13. The molecule has 2 heterocycles. The molecular weight excluding hydrogens is 262 g/mol. The molecule has 2 rings (SSSR count). The minimum absolute atomic E-state index is 0.0462. The Balaban J connectivity index is 2.28. The summed E-state index contributed by atoms with van der Waals surface area (Å²) in [5.41, 5.74) is 0.576. The SMILES string of the molecule is Cc1coc(NS(=O)(=O)c2ccc(C#N)s2)n1. The van der Waals surface area contributed by atoms with E-state index in [2.05, 4.69) is 9.71 Å². The summed E-state index contributed by atoms with van der Waals surface area (Å²) in [5, 5.41) is 8.62. The third-order valence-electron chi connectivity index (χ3n) is 1.80. The van der Waals surface area contributed by atoms with Crippen molar-refractivity contribution in [1.82, 2.24) is 4.98 Å². The van der Waals surface area contributed by atoms with Crippen LogP contribution in [0.4, 0.5) is 6.01 Å². The summed E-state index contributed by atoms with van der Waals surface area (Å²) in [5.74, 6) is 0. The molecule has 2 aromatic rings. The molecule has 1 N–H and O–H groups in total. The van der Waals surface area contributed by atoms with Gasteiger partial charge in [-0.3, -0.25) is 0 Å². The number of nitrogens with zero attached hydrogens (tertiary/aromatic N) is 2. The minimum Gasteiger partial charge on any atom is -0.431 e. The monoisotopic (exact) mass is 269 g/mol. The van der Waals surface area contributed by atoms with E-state index in [1.54, 1.807) is 6.92 Å². The number of sulfonamides is 1. The van der Waals surface area contributed by atoms with Crippen LogP contribution in [0.3, 0.4) is 0 Å². The first-order valence-electron chi connectivity index (χ1n) is 4.46. The first-order valence-corrected chi connectivity index (χ1v) is 6.76. The van der Waals surface area contributed by atoms with Gasteiger partial charge >= 0.3 is 6.01 Å². The highest BCUT2D eigenvalue weighted by molar-refractivity contribution is 7.94. The average molecular weight is 269 g/mol. The van der Waals surface area contributed by atoms with Crippen LogP contribution < -0.4 is 4.72 Å². The number of nitrogens with one attached hydrogen (secondary N) is 1. The van der Waals surface area contributed by atoms with Gasteiger partial charge in [0.25, 0.3) is 10.0 Å². The zero-order valence-electron chi connectivity index (χ0n) is 8.67. The molecule has 0 unspecified atom stereocenters. The molecule has 88 valence electrons. The minimum atomic E-state index is -3.73. The topological polar surface area (TPSA) is 96.0 Å². The normalized spacial score (nSPS) is 11.1. The second-order valence-electron chi connectivity index (χ2n) is 3.13. The van der Waals surface area contributed by atoms with Gasteiger partial charge < -0.3 is 4.42 Å². The highest BCUT2D eigenvalue weighted by Gasteiger charge is 2.19. The third kappa shape index (κ3) is 2.46. The molecule has 0 aromatic carbocycles. The summed E-state index contributed by atoms with van der Waals surface area (Å²) in [6, 6.07) is 4.59. The predicted molar refractivity (Wildman–Crippen MR) is 61.1 cm³/mol. The Morgan fingerprint density at radius 3 is 2.82 bits per heavy atom. The first-order chi connectivity index (χ1) is 8.01. The zero-order chi connectivity index (χ0) is 12.5. The molecule has 0 atom stereocenters. The fraction of sp³-hybridized carbons (Fsp3) is 0.111. The van der Waals surface area contributed by atoms with Crippen molar-refractivity contribution in [2.75, 3.05) is 4.72 Å². The number of nitriles is 1. The lowest BCUT2D eigenvalue weighted by atomic mass is 10.5. The number of hydrogen-bond acceptors (Lipinski definition) is 6. The number of aromatic nitrogens is 1. The second kappa shape index (κ2) is 4.20. The van der Waals surface area contributed by atoms with Gasteiger partial charge in [0.1, 0.15) is 21.4 Å². The zero-order valence-corrected chi connectivity index (χ0v) is 10.3. The van der Waals surface area contributed by atoms with E-state index in [-0.39, 0.29) is 10.2 Å². The van der Waals surface area contributed by atoms with Gasteiger partial charge in [-0.1, -0.05) is 0 Å². The lowest BCUT2D eigenvalue weighted by Gasteiger charge is -2.00. The van der Waals surface area contributed by atoms with Crippen LogP contribution >= 0.6 is 11.3 Å². The Bertz CT molecular complexity index is 678. The Morgan fingerprint density at radius 2 is 2.29 bits per heavy atom. The summed E-state index contributed by atoms with van der Waals surface area (Å²) >= 11 is 0.885. The van der Waals surface area contributed by atoms with Crippen molar-refractivity contribution in [3.63, 3.8) is 0 Å². The molecule has 0 bridgehead atoms. The predicted octanol–water partition coefficient (Wildman–Crippen LogP) is 1.72. The average Bonchev–Trinajstić information content (AvgIpc) is 2.86. The number of thiophene rings is 1. The van der Waals surface area contributed by atoms with Gasteiger partial charge in [-0.05, 0) is 19.1 Å². The number of hydrogen-bond donors (Lipinski definition) is 1. The molecule has 0 saturated heterocycles. The summed E-state index contributed by atoms with van der Waals surface area (Å²) in [4.78, 5) is 4.16. The number of oxazole rings is 1. The van der Waals surface area contributed by atoms with Gasteiger partial charge in [0, 0.05) is 0 Å². The quantitative estimate of drug-likeness (QED) is 0.915. The molecule has 6 nitrogen and oxygen atoms in total. The van der Waals surface area contributed by atoms with Crippen LogP contribution in [0.2, 0.25) is 0 Å². The standard InChI is InChI=1S/C9H7N3O3S2/c1-6-5-15-9(11-6)12-17(13,14)8-3-2-7(4-10)16-8/h2-3,5H,1H3,(H,11,12). The Morgan fingerprint density at radius 1 is 1.53 bits per heavy atom. The van der Waals surface area contributed by atoms with Crippen LogP contribution in [-0.4, -0.2) is 13.4 Å². The first kappa shape index (κ1) is 11.6. The smallest absolute Gasteiger partial charge is 0.309 e. The van der Waals surface area contributed by atoms with E-state index >= 15 is 0 Å². The van der Waals surface area contributed by atoms with E-state index in [9.17, 15) is 8.42 Å². The maximum Gasteiger partial charge on any atom is 0.309 e. The lowest BCUT2D eigenvalue weighted by molar-refractivity contribution is 0.570. The van der Waals surface area contributed by atoms with E-state index in [4.69, 9.17) is 9.68 Å². The summed E-state index contributed by atoms with van der Waals surface area (Å²) in [7, 11) is -3.73. The Labute approximate surface area is 102 Å². The summed E-state index contributed by atoms with van der Waals surface area (Å²) in [6.07, 6.45) is 1.34. The van der Waals surface area contributed by atoms with Crippen molar-refractivity contribution in [3.05, 3.63) is 29.0 Å². The molecule has 0 spiro atoms. The van der Waals surface area contributed by atoms with Crippen molar-refractivity contribution >= 4 is 27.4 Å². The Hall–Kier alpha value is -1.85. The fourth-order valence-electron chi connectivity index (χ4n) is 1.09. The molecule has 0 amide bonds. The van der Waals surface area contributed by atoms with Gasteiger partial charge in [-0.2, -0.15) is 10.2 Å². The molecule has 0 saturated carbocycles. The largest absolute Gasteiger partial charge is 0.431 e. The van der Waals surface area contributed by atoms with Gasteiger partial charge in [0.15, 0.2) is 0 Å². The summed E-state index contributed by atoms with van der Waals surface area (Å²) in [6.45, 7) is 1.68. The third-order valence-corrected chi connectivity index (χ3v) is 4.60. The number of anilines is 1. The van der Waals surface area contributed by atoms with Crippen LogP contribution in [0, 0.1) is 18.3 Å². The van der Waals surface area contributed by atoms with E-state index in [0.717, 1.165) is 11.3 Å². The summed E-state index contributed by atoms with van der Waals surface area (Å²) < 4.78 is 30.8. The molecule has 0 fully saturated rings. The van der Waals surface area contributed by atoms with Gasteiger partial charge in [-0.15, -0.1) is 11.3 Å². The van der Waals surface area contributed by atoms with Gasteiger partial charge in [0.2, 0.25) is 0 Å². The van der Waals surface area contributed by atoms with Crippen molar-refractivity contribution in [1.29, 1.82) is 5.26 Å². The molecule has 0 aliphatic rings. The Kier molecular flexibility index (Phi) is 2.87. The molecule has 2 aromatic heterocycles.